The number of carbonyl (C=O) groups is 2. The number of nitrogens with two attached hydrogens (primary N) is 4. The first-order valence-corrected chi connectivity index (χ1v) is 11.3. The van der Waals surface area contributed by atoms with Crippen LogP contribution < -0.4 is 28.3 Å². The van der Waals surface area contributed by atoms with Gasteiger partial charge >= 0.3 is 0 Å². The molecule has 0 fully saturated rings. The van der Waals surface area contributed by atoms with E-state index in [0.717, 1.165) is 12.8 Å². The van der Waals surface area contributed by atoms with E-state index in [-0.39, 0.29) is 17.6 Å². The van der Waals surface area contributed by atoms with Gasteiger partial charge in [0.25, 0.3) is 0 Å². The molecule has 0 aliphatic carbocycles. The molecule has 10 nitrogen and oxygen atoms in total. The summed E-state index contributed by atoms with van der Waals surface area (Å²) in [5.74, 6) is -0.698. The fraction of sp³-hybridized carbons (Fsp3) is 0.375. The van der Waals surface area contributed by atoms with Gasteiger partial charge in [-0.3, -0.25) is 14.6 Å². The average molecular weight is 467 g/mol. The molecule has 34 heavy (non-hydrogen) atoms. The van der Waals surface area contributed by atoms with Gasteiger partial charge in [-0.2, -0.15) is 5.11 Å². The predicted octanol–water partition coefficient (Wildman–Crippen LogP) is 2.28. The van der Waals surface area contributed by atoms with Crippen molar-refractivity contribution in [2.24, 2.45) is 38.2 Å². The van der Waals surface area contributed by atoms with Crippen molar-refractivity contribution < 1.29 is 9.59 Å². The van der Waals surface area contributed by atoms with E-state index >= 15 is 0 Å². The first-order chi connectivity index (χ1) is 16.4. The zero-order valence-corrected chi connectivity index (χ0v) is 19.3. The van der Waals surface area contributed by atoms with Crippen LogP contribution in [0.1, 0.15) is 42.5 Å². The Bertz CT molecular complexity index is 974. The number of carbonyl (C=O) groups excluding carboxylic acids is 2. The molecule has 2 aromatic carbocycles. The zero-order chi connectivity index (χ0) is 24.8. The van der Waals surface area contributed by atoms with E-state index in [9.17, 15) is 9.59 Å². The van der Waals surface area contributed by atoms with Gasteiger partial charge in [0.1, 0.15) is 0 Å². The molecular weight excluding hydrogens is 432 g/mol. The summed E-state index contributed by atoms with van der Waals surface area (Å²) >= 11 is 0. The van der Waals surface area contributed by atoms with Crippen LogP contribution in [0.5, 0.6) is 0 Å². The van der Waals surface area contributed by atoms with Crippen molar-refractivity contribution in [3.63, 3.8) is 0 Å². The highest BCUT2D eigenvalue weighted by Crippen LogP contribution is 2.24. The number of aliphatic imine (C=N–C) groups is 1. The maximum atomic E-state index is 13.5. The molecule has 0 aliphatic rings. The molecule has 182 valence electrons. The van der Waals surface area contributed by atoms with Crippen molar-refractivity contribution in [2.75, 3.05) is 13.1 Å². The zero-order valence-electron chi connectivity index (χ0n) is 19.3. The number of azo groups is 1. The van der Waals surface area contributed by atoms with Gasteiger partial charge in [-0.1, -0.05) is 36.8 Å². The fourth-order valence-electron chi connectivity index (χ4n) is 3.25. The summed E-state index contributed by atoms with van der Waals surface area (Å²) < 4.78 is 0. The highest BCUT2D eigenvalue weighted by Gasteiger charge is 2.26. The van der Waals surface area contributed by atoms with Crippen LogP contribution >= 0.6 is 0 Å². The third kappa shape index (κ3) is 9.08. The quantitative estimate of drug-likeness (QED) is 0.0933. The Labute approximate surface area is 199 Å². The van der Waals surface area contributed by atoms with Crippen molar-refractivity contribution in [1.82, 2.24) is 5.32 Å². The summed E-state index contributed by atoms with van der Waals surface area (Å²) in [6.45, 7) is 0.870. The SMILES string of the molecule is NCCCC[C@H](N)C(=O)N[C@@H](CCCN=C(N)N)C(=O)c1ccccc1N=Nc1ccccc1. The lowest BCUT2D eigenvalue weighted by Crippen LogP contribution is -2.48. The third-order valence-corrected chi connectivity index (χ3v) is 5.08. The number of hydrogen-bond donors (Lipinski definition) is 5. The van der Waals surface area contributed by atoms with Gasteiger partial charge in [-0.05, 0) is 56.5 Å². The number of nitrogens with zero attached hydrogens (tertiary/aromatic N) is 3. The Morgan fingerprint density at radius 2 is 1.59 bits per heavy atom. The van der Waals surface area contributed by atoms with Gasteiger partial charge < -0.3 is 28.3 Å². The largest absolute Gasteiger partial charge is 0.370 e. The van der Waals surface area contributed by atoms with Gasteiger partial charge in [0.15, 0.2) is 11.7 Å². The minimum Gasteiger partial charge on any atom is -0.370 e. The highest BCUT2D eigenvalue weighted by molar-refractivity contribution is 6.05. The van der Waals surface area contributed by atoms with Gasteiger partial charge in [0, 0.05) is 12.1 Å². The second kappa shape index (κ2) is 14.5. The second-order valence-electron chi connectivity index (χ2n) is 7.82. The number of nitrogens with one attached hydrogen (secondary N) is 1. The number of rotatable bonds is 14. The molecule has 1 amide bonds. The second-order valence-corrected chi connectivity index (χ2v) is 7.82. The van der Waals surface area contributed by atoms with Gasteiger partial charge in [0.2, 0.25) is 5.91 Å². The normalized spacial score (nSPS) is 12.8. The molecule has 0 spiro atoms. The minimum absolute atomic E-state index is 0.0273. The number of ketones is 1. The summed E-state index contributed by atoms with van der Waals surface area (Å²) in [4.78, 5) is 30.1. The summed E-state index contributed by atoms with van der Waals surface area (Å²) in [7, 11) is 0. The van der Waals surface area contributed by atoms with Crippen LogP contribution in [0, 0.1) is 0 Å². The maximum absolute atomic E-state index is 13.5. The molecule has 0 heterocycles. The van der Waals surface area contributed by atoms with E-state index < -0.39 is 12.1 Å². The topological polar surface area (TPSA) is 187 Å². The number of benzene rings is 2. The van der Waals surface area contributed by atoms with Crippen LogP contribution in [0.4, 0.5) is 11.4 Å². The molecule has 0 aromatic heterocycles. The first kappa shape index (κ1) is 26.6. The number of guanidine groups is 1. The van der Waals surface area contributed by atoms with Crippen LogP contribution in [0.2, 0.25) is 0 Å². The summed E-state index contributed by atoms with van der Waals surface area (Å²) in [6, 6.07) is 14.6. The van der Waals surface area contributed by atoms with Crippen LogP contribution in [-0.4, -0.2) is 42.8 Å². The van der Waals surface area contributed by atoms with Crippen LogP contribution in [-0.2, 0) is 4.79 Å². The van der Waals surface area contributed by atoms with E-state index in [4.69, 9.17) is 22.9 Å². The number of hydrogen-bond acceptors (Lipinski definition) is 7. The molecule has 0 saturated carbocycles. The highest BCUT2D eigenvalue weighted by atomic mass is 16.2. The van der Waals surface area contributed by atoms with E-state index in [1.807, 2.05) is 30.3 Å². The summed E-state index contributed by atoms with van der Waals surface area (Å²) in [5.41, 5.74) is 23.7. The standard InChI is InChI=1S/C24H34N8O2/c25-15-7-6-12-19(26)23(34)30-21(14-8-16-29-24(27)28)22(33)18-11-4-5-13-20(18)32-31-17-9-2-1-3-10-17/h1-5,9-11,13,19,21H,6-8,12,14-16,25-26H2,(H,30,34)(H4,27,28,29)/t19-,21-/m0/s1. The van der Waals surface area contributed by atoms with Gasteiger partial charge in [-0.25, -0.2) is 0 Å². The smallest absolute Gasteiger partial charge is 0.237 e. The van der Waals surface area contributed by atoms with Crippen LogP contribution in [0.3, 0.4) is 0 Å². The lowest BCUT2D eigenvalue weighted by molar-refractivity contribution is -0.123. The lowest BCUT2D eigenvalue weighted by Gasteiger charge is -2.20. The summed E-state index contributed by atoms with van der Waals surface area (Å²) in [5, 5.41) is 11.3. The Balaban J connectivity index is 2.20. The van der Waals surface area contributed by atoms with E-state index in [1.165, 1.54) is 0 Å². The lowest BCUT2D eigenvalue weighted by atomic mass is 9.98. The molecule has 9 N–H and O–H groups in total. The maximum Gasteiger partial charge on any atom is 0.237 e. The molecule has 2 aromatic rings. The molecule has 2 atom stereocenters. The van der Waals surface area contributed by atoms with Gasteiger partial charge in [0.05, 0.1) is 23.5 Å². The molecule has 0 unspecified atom stereocenters. The average Bonchev–Trinajstić information content (AvgIpc) is 2.84. The Hall–Kier alpha value is -3.63. The van der Waals surface area contributed by atoms with Gasteiger partial charge in [-0.15, -0.1) is 5.11 Å². The fourth-order valence-corrected chi connectivity index (χ4v) is 3.25. The molecule has 10 heteroatoms. The first-order valence-electron chi connectivity index (χ1n) is 11.3. The third-order valence-electron chi connectivity index (χ3n) is 5.08. The molecule has 2 rings (SSSR count). The van der Waals surface area contributed by atoms with Crippen molar-refractivity contribution >= 4 is 29.0 Å². The van der Waals surface area contributed by atoms with Crippen molar-refractivity contribution in [1.29, 1.82) is 0 Å². The van der Waals surface area contributed by atoms with Crippen molar-refractivity contribution in [2.45, 2.75) is 44.2 Å². The summed E-state index contributed by atoms with van der Waals surface area (Å²) in [6.07, 6.45) is 2.82. The molecule has 0 radical (unpaired) electrons. The molecular formula is C24H34N8O2. The van der Waals surface area contributed by atoms with Crippen molar-refractivity contribution in [3.8, 4) is 0 Å². The number of amides is 1. The Kier molecular flexibility index (Phi) is 11.4. The minimum atomic E-state index is -0.810. The number of unbranched alkanes of at least 4 members (excludes halogenated alkanes) is 1. The monoisotopic (exact) mass is 466 g/mol. The van der Waals surface area contributed by atoms with Crippen LogP contribution in [0.15, 0.2) is 69.8 Å². The van der Waals surface area contributed by atoms with E-state index in [0.29, 0.717) is 49.3 Å². The Morgan fingerprint density at radius 3 is 2.29 bits per heavy atom. The van der Waals surface area contributed by atoms with E-state index in [2.05, 4.69) is 20.5 Å². The number of Topliss-reactive ketones (excluding diaryl/α,β-unsaturated/α-hetero) is 1. The van der Waals surface area contributed by atoms with E-state index in [1.54, 1.807) is 24.3 Å². The Morgan fingerprint density at radius 1 is 0.882 bits per heavy atom. The molecule has 0 aliphatic heterocycles. The molecule has 0 saturated heterocycles. The van der Waals surface area contributed by atoms with Crippen LogP contribution in [0.25, 0.3) is 0 Å². The predicted molar refractivity (Wildman–Crippen MR) is 134 cm³/mol. The van der Waals surface area contributed by atoms with Crippen molar-refractivity contribution in [3.05, 3.63) is 60.2 Å². The molecule has 0 bridgehead atoms.